The van der Waals surface area contributed by atoms with E-state index in [0.717, 1.165) is 5.56 Å². The Morgan fingerprint density at radius 1 is 1.04 bits per heavy atom. The Balaban J connectivity index is 2.20. The van der Waals surface area contributed by atoms with Crippen LogP contribution < -0.4 is 4.74 Å². The molecule has 0 spiro atoms. The number of esters is 1. The number of hydrogen-bond acceptors (Lipinski definition) is 3. The van der Waals surface area contributed by atoms with Crippen molar-refractivity contribution in [1.29, 1.82) is 0 Å². The molecule has 120 valence electrons. The van der Waals surface area contributed by atoms with E-state index in [1.54, 1.807) is 25.1 Å². The molecule has 5 heteroatoms. The van der Waals surface area contributed by atoms with Gasteiger partial charge in [0.1, 0.15) is 18.0 Å². The van der Waals surface area contributed by atoms with E-state index in [-0.39, 0.29) is 36.6 Å². The highest BCUT2D eigenvalue weighted by molar-refractivity contribution is 5.96. The first-order chi connectivity index (χ1) is 11.0. The van der Waals surface area contributed by atoms with Crippen LogP contribution in [0.1, 0.15) is 30.9 Å². The lowest BCUT2D eigenvalue weighted by Gasteiger charge is -2.11. The molecule has 0 aromatic heterocycles. The molecule has 0 fully saturated rings. The zero-order valence-electron chi connectivity index (χ0n) is 12.6. The van der Waals surface area contributed by atoms with Gasteiger partial charge < -0.3 is 4.74 Å². The Morgan fingerprint density at radius 3 is 2.39 bits per heavy atom. The number of benzene rings is 2. The molecule has 23 heavy (non-hydrogen) atoms. The molecule has 0 radical (unpaired) electrons. The highest BCUT2D eigenvalue weighted by Gasteiger charge is 2.16. The number of carbonyl (C=O) groups is 2. The third kappa shape index (κ3) is 4.71. The third-order valence-corrected chi connectivity index (χ3v) is 3.31. The van der Waals surface area contributed by atoms with E-state index in [2.05, 4.69) is 0 Å². The lowest BCUT2D eigenvalue weighted by atomic mass is 10.0. The summed E-state index contributed by atoms with van der Waals surface area (Å²) in [4.78, 5) is 23.0. The number of carbonyl (C=O) groups excluding carboxylic acids is 2. The minimum Gasteiger partial charge on any atom is -0.423 e. The normalized spacial score (nSPS) is 10.4. The van der Waals surface area contributed by atoms with Crippen LogP contribution in [-0.4, -0.2) is 11.8 Å². The van der Waals surface area contributed by atoms with Crippen molar-refractivity contribution < 1.29 is 23.1 Å². The van der Waals surface area contributed by atoms with Crippen molar-refractivity contribution in [3.05, 3.63) is 65.2 Å². The molecule has 3 nitrogen and oxygen atoms in total. The molecule has 0 aliphatic heterocycles. The summed E-state index contributed by atoms with van der Waals surface area (Å²) >= 11 is 0. The van der Waals surface area contributed by atoms with Crippen LogP contribution in [0.3, 0.4) is 0 Å². The molecule has 0 bridgehead atoms. The van der Waals surface area contributed by atoms with Gasteiger partial charge in [0.15, 0.2) is 11.6 Å². The minimum absolute atomic E-state index is 0.189. The maximum Gasteiger partial charge on any atom is 0.318 e. The van der Waals surface area contributed by atoms with E-state index < -0.39 is 11.8 Å². The molecule has 0 saturated heterocycles. The van der Waals surface area contributed by atoms with Crippen molar-refractivity contribution in [3.8, 4) is 5.75 Å². The second-order valence-corrected chi connectivity index (χ2v) is 5.07. The van der Waals surface area contributed by atoms with Gasteiger partial charge in [-0.2, -0.15) is 0 Å². The van der Waals surface area contributed by atoms with E-state index in [9.17, 15) is 18.4 Å². The van der Waals surface area contributed by atoms with E-state index in [1.165, 1.54) is 24.3 Å². The topological polar surface area (TPSA) is 43.4 Å². The highest BCUT2D eigenvalue weighted by Crippen LogP contribution is 2.26. The highest BCUT2D eigenvalue weighted by atomic mass is 19.1. The second-order valence-electron chi connectivity index (χ2n) is 5.07. The summed E-state index contributed by atoms with van der Waals surface area (Å²) in [6.07, 6.45) is 0.109. The fourth-order valence-electron chi connectivity index (χ4n) is 2.07. The third-order valence-electron chi connectivity index (χ3n) is 3.31. The predicted molar refractivity (Wildman–Crippen MR) is 81.2 cm³/mol. The molecular weight excluding hydrogens is 302 g/mol. The van der Waals surface area contributed by atoms with Crippen molar-refractivity contribution in [2.75, 3.05) is 0 Å². The quantitative estimate of drug-likeness (QED) is 0.462. The largest absolute Gasteiger partial charge is 0.423 e. The monoisotopic (exact) mass is 318 g/mol. The number of ether oxygens (including phenoxy) is 1. The van der Waals surface area contributed by atoms with Crippen LogP contribution in [0.2, 0.25) is 0 Å². The van der Waals surface area contributed by atoms with Gasteiger partial charge in [-0.3, -0.25) is 9.59 Å². The summed E-state index contributed by atoms with van der Waals surface area (Å²) in [5.74, 6) is -2.29. The summed E-state index contributed by atoms with van der Waals surface area (Å²) < 4.78 is 31.9. The summed E-state index contributed by atoms with van der Waals surface area (Å²) in [6.45, 7) is 1.64. The van der Waals surface area contributed by atoms with E-state index >= 15 is 0 Å². The molecule has 0 unspecified atom stereocenters. The van der Waals surface area contributed by atoms with Gasteiger partial charge in [0.05, 0.1) is 0 Å². The molecule has 0 aliphatic carbocycles. The molecule has 0 atom stereocenters. The summed E-state index contributed by atoms with van der Waals surface area (Å²) in [5.41, 5.74) is 1.20. The van der Waals surface area contributed by atoms with Crippen LogP contribution in [0.25, 0.3) is 0 Å². The minimum atomic E-state index is -0.790. The van der Waals surface area contributed by atoms with Gasteiger partial charge in [-0.25, -0.2) is 8.78 Å². The first-order valence-electron chi connectivity index (χ1n) is 7.23. The summed E-state index contributed by atoms with van der Waals surface area (Å²) in [5, 5.41) is 0. The maximum atomic E-state index is 14.0. The molecule has 0 amide bonds. The smallest absolute Gasteiger partial charge is 0.318 e. The molecule has 2 rings (SSSR count). The Hall–Kier alpha value is -2.56. The Labute approximate surface area is 132 Å². The summed E-state index contributed by atoms with van der Waals surface area (Å²) in [7, 11) is 0. The number of halogens is 2. The first-order valence-corrected chi connectivity index (χ1v) is 7.23. The van der Waals surface area contributed by atoms with Gasteiger partial charge in [-0.1, -0.05) is 31.2 Å². The number of Topliss-reactive ketones (excluding diaryl/α,β-unsaturated/α-hetero) is 1. The lowest BCUT2D eigenvalue weighted by molar-refractivity contribution is -0.138. The zero-order valence-corrected chi connectivity index (χ0v) is 12.6. The number of rotatable bonds is 6. The molecular formula is C18H16F2O3. The van der Waals surface area contributed by atoms with Crippen molar-refractivity contribution >= 4 is 11.8 Å². The van der Waals surface area contributed by atoms with E-state index in [4.69, 9.17) is 4.74 Å². The number of ketones is 1. The Kier molecular flexibility index (Phi) is 5.57. The van der Waals surface area contributed by atoms with Crippen LogP contribution in [0.4, 0.5) is 8.78 Å². The Bertz CT molecular complexity index is 709. The predicted octanol–water partition coefficient (Wildman–Crippen LogP) is 3.83. The van der Waals surface area contributed by atoms with Gasteiger partial charge in [0.25, 0.3) is 0 Å². The molecule has 0 aliphatic rings. The van der Waals surface area contributed by atoms with Crippen LogP contribution >= 0.6 is 0 Å². The maximum absolute atomic E-state index is 14.0. The van der Waals surface area contributed by atoms with E-state index in [1.807, 2.05) is 0 Å². The fourth-order valence-corrected chi connectivity index (χ4v) is 2.07. The molecule has 2 aromatic rings. The van der Waals surface area contributed by atoms with Gasteiger partial charge in [-0.15, -0.1) is 0 Å². The van der Waals surface area contributed by atoms with Gasteiger partial charge >= 0.3 is 5.97 Å². The van der Waals surface area contributed by atoms with Crippen LogP contribution in [0.15, 0.2) is 42.5 Å². The van der Waals surface area contributed by atoms with Gasteiger partial charge in [-0.05, 0) is 23.8 Å². The van der Waals surface area contributed by atoms with Crippen molar-refractivity contribution in [1.82, 2.24) is 0 Å². The summed E-state index contributed by atoms with van der Waals surface area (Å²) in [6, 6.07) is 10.1. The molecule has 0 N–H and O–H groups in total. The lowest BCUT2D eigenvalue weighted by Crippen LogP contribution is -2.15. The van der Waals surface area contributed by atoms with Crippen molar-refractivity contribution in [3.63, 3.8) is 0 Å². The van der Waals surface area contributed by atoms with Crippen molar-refractivity contribution in [2.45, 2.75) is 26.2 Å². The van der Waals surface area contributed by atoms with Crippen LogP contribution in [0, 0.1) is 11.6 Å². The SMILES string of the molecule is CCC(=O)CC(=O)Oc1c(F)cccc1Cc1ccc(F)cc1. The average Bonchev–Trinajstić information content (AvgIpc) is 2.52. The van der Waals surface area contributed by atoms with Gasteiger partial charge in [0.2, 0.25) is 0 Å². The van der Waals surface area contributed by atoms with Crippen LogP contribution in [0.5, 0.6) is 5.75 Å². The molecule has 0 saturated carbocycles. The first kappa shape index (κ1) is 16.8. The van der Waals surface area contributed by atoms with Crippen LogP contribution in [-0.2, 0) is 16.0 Å². The molecule has 0 heterocycles. The average molecular weight is 318 g/mol. The van der Waals surface area contributed by atoms with Crippen molar-refractivity contribution in [2.24, 2.45) is 0 Å². The Morgan fingerprint density at radius 2 is 1.74 bits per heavy atom. The van der Waals surface area contributed by atoms with Gasteiger partial charge in [0, 0.05) is 18.4 Å². The second kappa shape index (κ2) is 7.63. The fraction of sp³-hybridized carbons (Fsp3) is 0.222. The molecule has 2 aromatic carbocycles. The zero-order chi connectivity index (χ0) is 16.8. The standard InChI is InChI=1S/C18H16F2O3/c1-2-15(21)11-17(22)23-18-13(4-3-5-16(18)20)10-12-6-8-14(19)9-7-12/h3-9H,2,10-11H2,1H3. The number of hydrogen-bond donors (Lipinski definition) is 0. The van der Waals surface area contributed by atoms with E-state index in [0.29, 0.717) is 5.56 Å². The number of para-hydroxylation sites is 1.